The molecule has 2 aromatic rings. The number of aromatic amines is 1. The standard InChI is InChI=1S/C12H11N5O2/c18-11-4-3-10(16-17-11)12(19)14-8-1-2-9-7(5-8)6-13-15-9/h1-2,5-6H,3-4H2,(H,13,15)(H,14,19)(H,17,18). The van der Waals surface area contributed by atoms with Gasteiger partial charge in [-0.25, -0.2) is 5.43 Å². The van der Waals surface area contributed by atoms with Crippen LogP contribution in [-0.2, 0) is 9.59 Å². The van der Waals surface area contributed by atoms with Crippen molar-refractivity contribution in [1.82, 2.24) is 15.6 Å². The molecule has 2 amide bonds. The van der Waals surface area contributed by atoms with E-state index < -0.39 is 0 Å². The zero-order chi connectivity index (χ0) is 13.2. The summed E-state index contributed by atoms with van der Waals surface area (Å²) in [5.41, 5.74) is 4.19. The van der Waals surface area contributed by atoms with Crippen molar-refractivity contribution < 1.29 is 9.59 Å². The minimum Gasteiger partial charge on any atom is -0.321 e. The van der Waals surface area contributed by atoms with Crippen LogP contribution in [0.1, 0.15) is 12.8 Å². The van der Waals surface area contributed by atoms with Crippen LogP contribution in [0.5, 0.6) is 0 Å². The predicted molar refractivity (Wildman–Crippen MR) is 69.5 cm³/mol. The quantitative estimate of drug-likeness (QED) is 0.740. The molecule has 96 valence electrons. The molecular weight excluding hydrogens is 246 g/mol. The number of carbonyl (C=O) groups excluding carboxylic acids is 2. The molecule has 0 saturated heterocycles. The Balaban J connectivity index is 1.77. The molecule has 19 heavy (non-hydrogen) atoms. The van der Waals surface area contributed by atoms with E-state index in [1.54, 1.807) is 12.3 Å². The Morgan fingerprint density at radius 1 is 1.32 bits per heavy atom. The summed E-state index contributed by atoms with van der Waals surface area (Å²) in [4.78, 5) is 22.9. The van der Waals surface area contributed by atoms with Crippen LogP contribution in [0.2, 0.25) is 0 Å². The predicted octanol–water partition coefficient (Wildman–Crippen LogP) is 0.767. The second-order valence-electron chi connectivity index (χ2n) is 4.22. The van der Waals surface area contributed by atoms with Gasteiger partial charge in [-0.3, -0.25) is 14.7 Å². The van der Waals surface area contributed by atoms with Gasteiger partial charge in [-0.15, -0.1) is 0 Å². The zero-order valence-corrected chi connectivity index (χ0v) is 9.93. The highest BCUT2D eigenvalue weighted by Crippen LogP contribution is 2.17. The van der Waals surface area contributed by atoms with Gasteiger partial charge in [0.2, 0.25) is 5.91 Å². The van der Waals surface area contributed by atoms with E-state index in [4.69, 9.17) is 0 Å². The van der Waals surface area contributed by atoms with Gasteiger partial charge in [0, 0.05) is 23.9 Å². The summed E-state index contributed by atoms with van der Waals surface area (Å²) < 4.78 is 0. The number of nitrogens with one attached hydrogen (secondary N) is 3. The highest BCUT2D eigenvalue weighted by atomic mass is 16.2. The summed E-state index contributed by atoms with van der Waals surface area (Å²) in [7, 11) is 0. The van der Waals surface area contributed by atoms with Gasteiger partial charge in [0.15, 0.2) is 0 Å². The molecule has 1 aromatic heterocycles. The van der Waals surface area contributed by atoms with Crippen LogP contribution in [0.25, 0.3) is 10.9 Å². The van der Waals surface area contributed by atoms with Crippen molar-refractivity contribution >= 4 is 34.1 Å². The number of amides is 2. The Morgan fingerprint density at radius 3 is 3.00 bits per heavy atom. The number of anilines is 1. The lowest BCUT2D eigenvalue weighted by Crippen LogP contribution is -2.32. The molecule has 1 aromatic carbocycles. The summed E-state index contributed by atoms with van der Waals surface area (Å²) >= 11 is 0. The monoisotopic (exact) mass is 257 g/mol. The molecular formula is C12H11N5O2. The van der Waals surface area contributed by atoms with Crippen LogP contribution >= 0.6 is 0 Å². The molecule has 1 aliphatic rings. The minimum atomic E-state index is -0.303. The number of nitrogens with zero attached hydrogens (tertiary/aromatic N) is 2. The zero-order valence-electron chi connectivity index (χ0n) is 9.93. The SMILES string of the molecule is O=C1CCC(C(=O)Nc2ccc3[nH]ncc3c2)=NN1. The molecule has 7 nitrogen and oxygen atoms in total. The van der Waals surface area contributed by atoms with E-state index in [9.17, 15) is 9.59 Å². The Morgan fingerprint density at radius 2 is 2.21 bits per heavy atom. The summed E-state index contributed by atoms with van der Waals surface area (Å²) in [6, 6.07) is 5.43. The van der Waals surface area contributed by atoms with Crippen LogP contribution in [-0.4, -0.2) is 27.7 Å². The van der Waals surface area contributed by atoms with Gasteiger partial charge in [0.25, 0.3) is 5.91 Å². The van der Waals surface area contributed by atoms with Crippen LogP contribution in [0.3, 0.4) is 0 Å². The Kier molecular flexibility index (Phi) is 2.71. The average molecular weight is 257 g/mol. The fourth-order valence-corrected chi connectivity index (χ4v) is 1.86. The molecule has 1 aliphatic heterocycles. The number of aromatic nitrogens is 2. The van der Waals surface area contributed by atoms with Crippen molar-refractivity contribution in [2.24, 2.45) is 5.10 Å². The molecule has 0 saturated carbocycles. The molecule has 0 spiro atoms. The van der Waals surface area contributed by atoms with E-state index in [0.717, 1.165) is 10.9 Å². The molecule has 3 N–H and O–H groups in total. The number of hydrogen-bond donors (Lipinski definition) is 3. The van der Waals surface area contributed by atoms with Crippen LogP contribution in [0.15, 0.2) is 29.5 Å². The number of hydrogen-bond acceptors (Lipinski definition) is 4. The molecule has 0 aliphatic carbocycles. The fraction of sp³-hybridized carbons (Fsp3) is 0.167. The molecule has 0 radical (unpaired) electrons. The maximum atomic E-state index is 11.9. The van der Waals surface area contributed by atoms with Crippen molar-refractivity contribution in [1.29, 1.82) is 0 Å². The number of hydrazone groups is 1. The molecule has 0 atom stereocenters. The van der Waals surface area contributed by atoms with Crippen molar-refractivity contribution in [3.8, 4) is 0 Å². The Hall–Kier alpha value is -2.70. The van der Waals surface area contributed by atoms with Gasteiger partial charge < -0.3 is 5.32 Å². The lowest BCUT2D eigenvalue weighted by Gasteiger charge is -2.11. The molecule has 0 fully saturated rings. The van der Waals surface area contributed by atoms with Crippen molar-refractivity contribution in [2.75, 3.05) is 5.32 Å². The summed E-state index contributed by atoms with van der Waals surface area (Å²) in [6.45, 7) is 0. The lowest BCUT2D eigenvalue weighted by molar-refractivity contribution is -0.121. The van der Waals surface area contributed by atoms with Crippen molar-refractivity contribution in [3.05, 3.63) is 24.4 Å². The fourth-order valence-electron chi connectivity index (χ4n) is 1.86. The van der Waals surface area contributed by atoms with E-state index >= 15 is 0 Å². The topological polar surface area (TPSA) is 99.2 Å². The number of carbonyl (C=O) groups is 2. The first-order chi connectivity index (χ1) is 9.22. The third-order valence-corrected chi connectivity index (χ3v) is 2.86. The molecule has 3 rings (SSSR count). The second kappa shape index (κ2) is 4.52. The van der Waals surface area contributed by atoms with E-state index in [1.165, 1.54) is 0 Å². The van der Waals surface area contributed by atoms with Crippen LogP contribution in [0.4, 0.5) is 5.69 Å². The van der Waals surface area contributed by atoms with Gasteiger partial charge >= 0.3 is 0 Å². The maximum Gasteiger partial charge on any atom is 0.271 e. The largest absolute Gasteiger partial charge is 0.321 e. The minimum absolute atomic E-state index is 0.170. The second-order valence-corrected chi connectivity index (χ2v) is 4.22. The third-order valence-electron chi connectivity index (χ3n) is 2.86. The maximum absolute atomic E-state index is 11.9. The summed E-state index contributed by atoms with van der Waals surface area (Å²) in [5.74, 6) is -0.473. The summed E-state index contributed by atoms with van der Waals surface area (Å²) in [5, 5.41) is 14.1. The Labute approximate surface area is 108 Å². The summed E-state index contributed by atoms with van der Waals surface area (Å²) in [6.07, 6.45) is 2.32. The number of rotatable bonds is 2. The molecule has 0 bridgehead atoms. The van der Waals surface area contributed by atoms with Gasteiger partial charge in [-0.05, 0) is 18.2 Å². The van der Waals surface area contributed by atoms with Crippen molar-refractivity contribution in [3.63, 3.8) is 0 Å². The normalized spacial score (nSPS) is 14.9. The van der Waals surface area contributed by atoms with Crippen LogP contribution in [0, 0.1) is 0 Å². The molecule has 2 heterocycles. The van der Waals surface area contributed by atoms with E-state index in [-0.39, 0.29) is 18.2 Å². The first-order valence-electron chi connectivity index (χ1n) is 5.82. The Bertz CT molecular complexity index is 688. The van der Waals surface area contributed by atoms with Gasteiger partial charge in [-0.2, -0.15) is 10.2 Å². The van der Waals surface area contributed by atoms with E-state index in [2.05, 4.69) is 26.0 Å². The third kappa shape index (κ3) is 2.30. The van der Waals surface area contributed by atoms with Gasteiger partial charge in [0.05, 0.1) is 11.7 Å². The van der Waals surface area contributed by atoms with Gasteiger partial charge in [-0.1, -0.05) is 0 Å². The van der Waals surface area contributed by atoms with Crippen LogP contribution < -0.4 is 10.7 Å². The average Bonchev–Trinajstić information content (AvgIpc) is 2.87. The number of benzene rings is 1. The highest BCUT2D eigenvalue weighted by Gasteiger charge is 2.18. The lowest BCUT2D eigenvalue weighted by atomic mass is 10.1. The smallest absolute Gasteiger partial charge is 0.271 e. The van der Waals surface area contributed by atoms with Gasteiger partial charge in [0.1, 0.15) is 5.71 Å². The number of H-pyrrole nitrogens is 1. The van der Waals surface area contributed by atoms with Crippen molar-refractivity contribution in [2.45, 2.75) is 12.8 Å². The first-order valence-corrected chi connectivity index (χ1v) is 5.82. The number of fused-ring (bicyclic) bond motifs is 1. The highest BCUT2D eigenvalue weighted by molar-refractivity contribution is 6.43. The van der Waals surface area contributed by atoms with E-state index in [0.29, 0.717) is 17.8 Å². The molecule has 7 heteroatoms. The van der Waals surface area contributed by atoms with E-state index in [1.807, 2.05) is 12.1 Å². The molecule has 0 unspecified atom stereocenters. The first kappa shape index (κ1) is 11.4.